The number of carbonyl (C=O) groups excluding carboxylic acids is 2. The van der Waals surface area contributed by atoms with Crippen LogP contribution >= 0.6 is 11.3 Å². The number of amides is 1. The lowest BCUT2D eigenvalue weighted by molar-refractivity contribution is -0.115. The zero-order chi connectivity index (χ0) is 21.7. The van der Waals surface area contributed by atoms with Gasteiger partial charge in [-0.05, 0) is 54.9 Å². The highest BCUT2D eigenvalue weighted by Gasteiger charge is 2.29. The molecule has 0 fully saturated rings. The number of ether oxygens (including phenoxy) is 3. The first-order valence-electron chi connectivity index (χ1n) is 10.3. The molecule has 1 heterocycles. The van der Waals surface area contributed by atoms with Crippen LogP contribution in [0, 0.1) is 5.92 Å². The van der Waals surface area contributed by atoms with E-state index in [1.807, 2.05) is 13.0 Å². The Bertz CT molecular complexity index is 921. The fraction of sp³-hybridized carbons (Fsp3) is 0.478. The molecule has 1 amide bonds. The van der Waals surface area contributed by atoms with Crippen LogP contribution in [0.5, 0.6) is 11.5 Å². The fourth-order valence-corrected chi connectivity index (χ4v) is 5.08. The Hall–Kier alpha value is -2.54. The average molecular weight is 432 g/mol. The van der Waals surface area contributed by atoms with Gasteiger partial charge in [0.25, 0.3) is 0 Å². The molecule has 1 aliphatic rings. The lowest BCUT2D eigenvalue weighted by Gasteiger charge is -2.18. The van der Waals surface area contributed by atoms with Crippen LogP contribution in [0.25, 0.3) is 0 Å². The number of fused-ring (bicyclic) bond motifs is 1. The van der Waals surface area contributed by atoms with Gasteiger partial charge in [0.2, 0.25) is 5.91 Å². The zero-order valence-corrected chi connectivity index (χ0v) is 18.8. The van der Waals surface area contributed by atoms with Gasteiger partial charge in [-0.3, -0.25) is 4.79 Å². The number of thiophene rings is 1. The monoisotopic (exact) mass is 431 g/mol. The molecule has 1 aromatic heterocycles. The third-order valence-corrected chi connectivity index (χ3v) is 6.39. The van der Waals surface area contributed by atoms with Gasteiger partial charge < -0.3 is 19.5 Å². The summed E-state index contributed by atoms with van der Waals surface area (Å²) >= 11 is 1.50. The van der Waals surface area contributed by atoms with Crippen molar-refractivity contribution in [1.82, 2.24) is 0 Å². The van der Waals surface area contributed by atoms with Gasteiger partial charge in [-0.2, -0.15) is 0 Å². The lowest BCUT2D eigenvalue weighted by Crippen LogP contribution is -2.18. The first-order chi connectivity index (χ1) is 14.5. The van der Waals surface area contributed by atoms with E-state index >= 15 is 0 Å². The van der Waals surface area contributed by atoms with E-state index in [1.54, 1.807) is 26.4 Å². The van der Waals surface area contributed by atoms with Crippen LogP contribution in [-0.2, 0) is 28.8 Å². The largest absolute Gasteiger partial charge is 0.493 e. The maximum atomic E-state index is 12.8. The second-order valence-corrected chi connectivity index (χ2v) is 8.71. The van der Waals surface area contributed by atoms with E-state index in [0.717, 1.165) is 36.8 Å². The topological polar surface area (TPSA) is 73.9 Å². The quantitative estimate of drug-likeness (QED) is 0.617. The summed E-state index contributed by atoms with van der Waals surface area (Å²) in [6.07, 6.45) is 3.74. The maximum absolute atomic E-state index is 12.8. The van der Waals surface area contributed by atoms with Crippen molar-refractivity contribution >= 4 is 28.2 Å². The number of esters is 1. The highest BCUT2D eigenvalue weighted by atomic mass is 32.1. The Morgan fingerprint density at radius 1 is 1.20 bits per heavy atom. The summed E-state index contributed by atoms with van der Waals surface area (Å²) in [6, 6.07) is 5.40. The van der Waals surface area contributed by atoms with E-state index in [0.29, 0.717) is 34.6 Å². The van der Waals surface area contributed by atoms with Crippen molar-refractivity contribution < 1.29 is 23.8 Å². The third kappa shape index (κ3) is 4.95. The highest BCUT2D eigenvalue weighted by molar-refractivity contribution is 7.17. The normalized spacial score (nSPS) is 15.3. The summed E-state index contributed by atoms with van der Waals surface area (Å²) in [7, 11) is 3.13. The van der Waals surface area contributed by atoms with Gasteiger partial charge >= 0.3 is 5.97 Å². The second kappa shape index (κ2) is 9.98. The predicted molar refractivity (Wildman–Crippen MR) is 118 cm³/mol. The maximum Gasteiger partial charge on any atom is 0.341 e. The summed E-state index contributed by atoms with van der Waals surface area (Å²) in [4.78, 5) is 26.7. The molecule has 1 atom stereocenters. The third-order valence-electron chi connectivity index (χ3n) is 5.22. The molecule has 0 saturated heterocycles. The Labute approximate surface area is 181 Å². The zero-order valence-electron chi connectivity index (χ0n) is 18.0. The molecular formula is C23H29NO5S. The van der Waals surface area contributed by atoms with Crippen LogP contribution < -0.4 is 14.8 Å². The van der Waals surface area contributed by atoms with Gasteiger partial charge in [0.05, 0.1) is 32.8 Å². The van der Waals surface area contributed by atoms with E-state index < -0.39 is 0 Å². The van der Waals surface area contributed by atoms with Crippen molar-refractivity contribution in [3.8, 4) is 11.5 Å². The second-order valence-electron chi connectivity index (χ2n) is 7.61. The lowest BCUT2D eigenvalue weighted by atomic mass is 9.88. The Morgan fingerprint density at radius 2 is 1.97 bits per heavy atom. The van der Waals surface area contributed by atoms with Crippen molar-refractivity contribution in [2.45, 2.75) is 46.0 Å². The van der Waals surface area contributed by atoms with E-state index in [2.05, 4.69) is 12.2 Å². The number of rotatable bonds is 8. The van der Waals surface area contributed by atoms with Gasteiger partial charge in [0.1, 0.15) is 5.00 Å². The standard InChI is InChI=1S/C23H29NO5S/c1-5-10-29-23(26)21-16-8-6-14(2)11-19(16)30-22(21)24-20(25)13-15-7-9-17(27-3)18(12-15)28-4/h7,9,12,14H,5-6,8,10-11,13H2,1-4H3,(H,24,25). The van der Waals surface area contributed by atoms with Crippen LogP contribution in [0.2, 0.25) is 0 Å². The van der Waals surface area contributed by atoms with Crippen molar-refractivity contribution in [3.05, 3.63) is 39.8 Å². The molecule has 3 rings (SSSR count). The minimum atomic E-state index is -0.342. The molecule has 6 nitrogen and oxygen atoms in total. The number of anilines is 1. The molecular weight excluding hydrogens is 402 g/mol. The summed E-state index contributed by atoms with van der Waals surface area (Å²) < 4.78 is 16.0. The summed E-state index contributed by atoms with van der Waals surface area (Å²) in [5.74, 6) is 1.24. The molecule has 1 aliphatic carbocycles. The van der Waals surface area contributed by atoms with Crippen LogP contribution in [0.15, 0.2) is 18.2 Å². The first-order valence-corrected chi connectivity index (χ1v) is 11.1. The van der Waals surface area contributed by atoms with Gasteiger partial charge in [0, 0.05) is 4.88 Å². The molecule has 162 valence electrons. The Balaban J connectivity index is 1.81. The Kier molecular flexibility index (Phi) is 7.37. The van der Waals surface area contributed by atoms with Gasteiger partial charge in [-0.25, -0.2) is 4.79 Å². The average Bonchev–Trinajstić information content (AvgIpc) is 3.08. The highest BCUT2D eigenvalue weighted by Crippen LogP contribution is 2.40. The van der Waals surface area contributed by atoms with Gasteiger partial charge in [-0.15, -0.1) is 11.3 Å². The minimum Gasteiger partial charge on any atom is -0.493 e. The minimum absolute atomic E-state index is 0.169. The number of benzene rings is 1. The van der Waals surface area contributed by atoms with E-state index in [4.69, 9.17) is 14.2 Å². The number of hydrogen-bond acceptors (Lipinski definition) is 6. The number of carbonyl (C=O) groups is 2. The number of nitrogens with one attached hydrogen (secondary N) is 1. The number of hydrogen-bond donors (Lipinski definition) is 1. The van der Waals surface area contributed by atoms with Crippen molar-refractivity contribution in [3.63, 3.8) is 0 Å². The van der Waals surface area contributed by atoms with Crippen molar-refractivity contribution in [2.75, 3.05) is 26.1 Å². The first kappa shape index (κ1) is 22.2. The molecule has 1 unspecified atom stereocenters. The van der Waals surface area contributed by atoms with E-state index in [-0.39, 0.29) is 18.3 Å². The molecule has 2 aromatic rings. The van der Waals surface area contributed by atoms with Crippen LogP contribution in [0.3, 0.4) is 0 Å². The fourth-order valence-electron chi connectivity index (χ4n) is 3.67. The molecule has 30 heavy (non-hydrogen) atoms. The smallest absolute Gasteiger partial charge is 0.341 e. The van der Waals surface area contributed by atoms with E-state index in [1.165, 1.54) is 16.2 Å². The molecule has 7 heteroatoms. The molecule has 0 spiro atoms. The molecule has 0 bridgehead atoms. The van der Waals surface area contributed by atoms with Crippen LogP contribution in [0.4, 0.5) is 5.00 Å². The summed E-state index contributed by atoms with van der Waals surface area (Å²) in [5.41, 5.74) is 2.38. The molecule has 0 radical (unpaired) electrons. The predicted octanol–water partition coefficient (Wildman–Crippen LogP) is 4.64. The molecule has 0 saturated carbocycles. The van der Waals surface area contributed by atoms with Gasteiger partial charge in [0.15, 0.2) is 11.5 Å². The Morgan fingerprint density at radius 3 is 2.67 bits per heavy atom. The molecule has 0 aliphatic heterocycles. The molecule has 1 N–H and O–H groups in total. The molecule has 1 aromatic carbocycles. The number of methoxy groups -OCH3 is 2. The van der Waals surface area contributed by atoms with Gasteiger partial charge in [-0.1, -0.05) is 19.9 Å². The summed E-state index contributed by atoms with van der Waals surface area (Å²) in [6.45, 7) is 4.55. The summed E-state index contributed by atoms with van der Waals surface area (Å²) in [5, 5.41) is 3.56. The van der Waals surface area contributed by atoms with Crippen LogP contribution in [0.1, 0.15) is 53.1 Å². The van der Waals surface area contributed by atoms with Crippen LogP contribution in [-0.4, -0.2) is 32.7 Å². The van der Waals surface area contributed by atoms with Crippen molar-refractivity contribution in [2.24, 2.45) is 5.92 Å². The SMILES string of the molecule is CCCOC(=O)c1c(NC(=O)Cc2ccc(OC)c(OC)c2)sc2c1CCC(C)C2. The van der Waals surface area contributed by atoms with E-state index in [9.17, 15) is 9.59 Å². The van der Waals surface area contributed by atoms with Crippen molar-refractivity contribution in [1.29, 1.82) is 0 Å².